The van der Waals surface area contributed by atoms with Gasteiger partial charge in [0.2, 0.25) is 5.91 Å². The topological polar surface area (TPSA) is 64.3 Å². The smallest absolute Gasteiger partial charge is 0.219 e. The molecule has 106 valence electrons. The molecule has 2 rings (SSSR count). The maximum atomic E-state index is 11.3. The van der Waals surface area contributed by atoms with Gasteiger partial charge in [-0.05, 0) is 48.5 Å². The van der Waals surface area contributed by atoms with E-state index in [2.05, 4.69) is 11.4 Å². The van der Waals surface area contributed by atoms with Gasteiger partial charge in [0.25, 0.3) is 0 Å². The second kappa shape index (κ2) is 5.51. The third kappa shape index (κ3) is 2.75. The lowest BCUT2D eigenvalue weighted by Gasteiger charge is -2.29. The Hall–Kier alpha value is -2.07. The lowest BCUT2D eigenvalue weighted by atomic mass is 9.87. The van der Waals surface area contributed by atoms with Crippen LogP contribution in [0.5, 0.6) is 5.75 Å². The lowest BCUT2D eigenvalue weighted by Crippen LogP contribution is -2.40. The quantitative estimate of drug-likeness (QED) is 0.876. The molecule has 1 amide bonds. The van der Waals surface area contributed by atoms with Gasteiger partial charge in [-0.2, -0.15) is 0 Å². The molecule has 0 fully saturated rings. The highest BCUT2D eigenvalue weighted by Crippen LogP contribution is 2.29. The largest absolute Gasteiger partial charge is 0.497 e. The van der Waals surface area contributed by atoms with Crippen LogP contribution in [0.15, 0.2) is 36.4 Å². The van der Waals surface area contributed by atoms with Crippen LogP contribution in [0.2, 0.25) is 0 Å². The van der Waals surface area contributed by atoms with Crippen LogP contribution in [0.4, 0.5) is 0 Å². The Bertz CT molecular complexity index is 639. The van der Waals surface area contributed by atoms with Gasteiger partial charge in [0.15, 0.2) is 0 Å². The predicted molar refractivity (Wildman–Crippen MR) is 80.7 cm³/mol. The van der Waals surface area contributed by atoms with E-state index in [0.29, 0.717) is 0 Å². The van der Waals surface area contributed by atoms with Crippen molar-refractivity contribution in [3.8, 4) is 5.75 Å². The summed E-state index contributed by atoms with van der Waals surface area (Å²) in [6.45, 7) is 1.97. The van der Waals surface area contributed by atoms with Crippen molar-refractivity contribution >= 4 is 16.7 Å². The van der Waals surface area contributed by atoms with E-state index in [9.17, 15) is 4.79 Å². The Labute approximate surface area is 118 Å². The molecule has 4 heteroatoms. The number of nitrogens with two attached hydrogens (primary N) is 1. The summed E-state index contributed by atoms with van der Waals surface area (Å²) >= 11 is 0. The molecule has 2 aromatic carbocycles. The number of primary amides is 1. The highest BCUT2D eigenvalue weighted by molar-refractivity contribution is 5.85. The number of hydrogen-bond acceptors (Lipinski definition) is 3. The summed E-state index contributed by atoms with van der Waals surface area (Å²) in [7, 11) is 3.49. The minimum absolute atomic E-state index is 0.255. The molecule has 20 heavy (non-hydrogen) atoms. The van der Waals surface area contributed by atoms with Crippen LogP contribution in [-0.2, 0) is 10.3 Å². The van der Waals surface area contributed by atoms with E-state index in [1.807, 2.05) is 44.3 Å². The van der Waals surface area contributed by atoms with Gasteiger partial charge in [-0.15, -0.1) is 0 Å². The summed E-state index contributed by atoms with van der Waals surface area (Å²) < 4.78 is 5.22. The van der Waals surface area contributed by atoms with Crippen LogP contribution in [0, 0.1) is 0 Å². The Morgan fingerprint density at radius 1 is 1.25 bits per heavy atom. The minimum atomic E-state index is -0.458. The average molecular weight is 272 g/mol. The summed E-state index contributed by atoms with van der Waals surface area (Å²) in [5.74, 6) is 0.510. The summed E-state index contributed by atoms with van der Waals surface area (Å²) in [6, 6.07) is 12.1. The lowest BCUT2D eigenvalue weighted by molar-refractivity contribution is -0.119. The molecule has 1 unspecified atom stereocenters. The van der Waals surface area contributed by atoms with E-state index in [4.69, 9.17) is 10.5 Å². The number of rotatable bonds is 5. The molecule has 0 saturated carbocycles. The fourth-order valence-electron chi connectivity index (χ4n) is 2.38. The van der Waals surface area contributed by atoms with Crippen LogP contribution >= 0.6 is 0 Å². The first-order valence-electron chi connectivity index (χ1n) is 6.54. The zero-order valence-electron chi connectivity index (χ0n) is 12.1. The molecular formula is C16H20N2O2. The molecule has 0 spiro atoms. The third-order valence-electron chi connectivity index (χ3n) is 3.76. The maximum absolute atomic E-state index is 11.3. The van der Waals surface area contributed by atoms with Crippen LogP contribution < -0.4 is 15.8 Å². The zero-order chi connectivity index (χ0) is 14.8. The van der Waals surface area contributed by atoms with E-state index in [0.717, 1.165) is 22.1 Å². The minimum Gasteiger partial charge on any atom is -0.497 e. The summed E-state index contributed by atoms with van der Waals surface area (Å²) in [5.41, 5.74) is 5.93. The Balaban J connectivity index is 2.47. The van der Waals surface area contributed by atoms with E-state index in [-0.39, 0.29) is 12.3 Å². The van der Waals surface area contributed by atoms with Gasteiger partial charge in [-0.3, -0.25) is 4.79 Å². The van der Waals surface area contributed by atoms with Gasteiger partial charge < -0.3 is 15.8 Å². The van der Waals surface area contributed by atoms with Crippen LogP contribution in [0.1, 0.15) is 18.9 Å². The normalized spacial score (nSPS) is 13.9. The Kier molecular flexibility index (Phi) is 3.95. The molecule has 0 radical (unpaired) electrons. The molecule has 0 aliphatic heterocycles. The SMILES string of the molecule is CNC(C)(CC(N)=O)c1ccc2cc(OC)ccc2c1. The molecule has 2 aromatic rings. The molecule has 4 nitrogen and oxygen atoms in total. The van der Waals surface area contributed by atoms with Crippen molar-refractivity contribution in [2.24, 2.45) is 5.73 Å². The second-order valence-electron chi connectivity index (χ2n) is 5.15. The van der Waals surface area contributed by atoms with Crippen molar-refractivity contribution in [2.75, 3.05) is 14.2 Å². The molecule has 0 aliphatic rings. The first-order valence-corrected chi connectivity index (χ1v) is 6.54. The molecule has 1 atom stereocenters. The van der Waals surface area contributed by atoms with Crippen LogP contribution in [-0.4, -0.2) is 20.1 Å². The molecule has 0 aromatic heterocycles. The number of fused-ring (bicyclic) bond motifs is 1. The van der Waals surface area contributed by atoms with Crippen molar-refractivity contribution in [1.82, 2.24) is 5.32 Å². The van der Waals surface area contributed by atoms with E-state index in [1.165, 1.54) is 0 Å². The number of ether oxygens (including phenoxy) is 1. The van der Waals surface area contributed by atoms with E-state index >= 15 is 0 Å². The van der Waals surface area contributed by atoms with Gasteiger partial charge in [-0.1, -0.05) is 18.2 Å². The van der Waals surface area contributed by atoms with Crippen molar-refractivity contribution < 1.29 is 9.53 Å². The Morgan fingerprint density at radius 2 is 1.90 bits per heavy atom. The number of methoxy groups -OCH3 is 1. The number of carbonyl (C=O) groups excluding carboxylic acids is 1. The van der Waals surface area contributed by atoms with Crippen LogP contribution in [0.3, 0.4) is 0 Å². The summed E-state index contributed by atoms with van der Waals surface area (Å²) in [4.78, 5) is 11.3. The number of nitrogens with one attached hydrogen (secondary N) is 1. The average Bonchev–Trinajstić information content (AvgIpc) is 2.45. The van der Waals surface area contributed by atoms with Gasteiger partial charge in [0, 0.05) is 12.0 Å². The van der Waals surface area contributed by atoms with E-state index in [1.54, 1.807) is 7.11 Å². The molecule has 3 N–H and O–H groups in total. The fraction of sp³-hybridized carbons (Fsp3) is 0.312. The summed E-state index contributed by atoms with van der Waals surface area (Å²) in [5, 5.41) is 5.40. The maximum Gasteiger partial charge on any atom is 0.219 e. The van der Waals surface area contributed by atoms with Gasteiger partial charge in [0.1, 0.15) is 5.75 Å². The molecule has 0 saturated heterocycles. The Morgan fingerprint density at radius 3 is 2.50 bits per heavy atom. The number of hydrogen-bond donors (Lipinski definition) is 2. The molecular weight excluding hydrogens is 252 g/mol. The van der Waals surface area contributed by atoms with Crippen molar-refractivity contribution in [3.63, 3.8) is 0 Å². The molecule has 0 heterocycles. The fourth-order valence-corrected chi connectivity index (χ4v) is 2.38. The molecule has 0 aliphatic carbocycles. The second-order valence-corrected chi connectivity index (χ2v) is 5.15. The van der Waals surface area contributed by atoms with Gasteiger partial charge in [-0.25, -0.2) is 0 Å². The zero-order valence-corrected chi connectivity index (χ0v) is 12.1. The first-order chi connectivity index (χ1) is 9.48. The first kappa shape index (κ1) is 14.3. The van der Waals surface area contributed by atoms with Crippen molar-refractivity contribution in [2.45, 2.75) is 18.9 Å². The highest BCUT2D eigenvalue weighted by atomic mass is 16.5. The van der Waals surface area contributed by atoms with Crippen LogP contribution in [0.25, 0.3) is 10.8 Å². The van der Waals surface area contributed by atoms with Gasteiger partial charge >= 0.3 is 0 Å². The third-order valence-corrected chi connectivity index (χ3v) is 3.76. The molecule has 0 bridgehead atoms. The van der Waals surface area contributed by atoms with Crippen molar-refractivity contribution in [1.29, 1.82) is 0 Å². The number of carbonyl (C=O) groups is 1. The number of benzene rings is 2. The summed E-state index contributed by atoms with van der Waals surface area (Å²) in [6.07, 6.45) is 0.255. The monoisotopic (exact) mass is 272 g/mol. The standard InChI is InChI=1S/C16H20N2O2/c1-16(18-2,10-15(17)19)13-6-4-12-9-14(20-3)7-5-11(12)8-13/h4-9,18H,10H2,1-3H3,(H2,17,19). The van der Waals surface area contributed by atoms with Crippen molar-refractivity contribution in [3.05, 3.63) is 42.0 Å². The predicted octanol–water partition coefficient (Wildman–Crippen LogP) is 2.16. The highest BCUT2D eigenvalue weighted by Gasteiger charge is 2.26. The number of amides is 1. The van der Waals surface area contributed by atoms with Gasteiger partial charge in [0.05, 0.1) is 7.11 Å². The van der Waals surface area contributed by atoms with E-state index < -0.39 is 5.54 Å².